The number of allylic oxidation sites excluding steroid dienone is 16. The highest BCUT2D eigenvalue weighted by Gasteiger charge is 2.24. The summed E-state index contributed by atoms with van der Waals surface area (Å²) in [6, 6.07) is 0. The average Bonchev–Trinajstić information content (AvgIpc) is 3.18. The summed E-state index contributed by atoms with van der Waals surface area (Å²) in [5, 5.41) is 0. The van der Waals surface area contributed by atoms with Gasteiger partial charge in [0.25, 0.3) is 0 Å². The van der Waals surface area contributed by atoms with Gasteiger partial charge in [-0.2, -0.15) is 0 Å². The van der Waals surface area contributed by atoms with Crippen molar-refractivity contribution in [1.29, 1.82) is 0 Å². The zero-order chi connectivity index (χ0) is 40.3. The highest BCUT2D eigenvalue weighted by atomic mass is 31.2. The largest absolute Gasteiger partial charge is 0.472 e. The molecular formula is C46H75O8P. The maximum atomic E-state index is 12.5. The number of hydrogen-bond acceptors (Lipinski definition) is 7. The second-order valence-electron chi connectivity index (χ2n) is 13.4. The standard InChI is InChI=1S/C46H75O8P/c1-4-6-8-10-12-14-16-18-20-22-23-25-27-29-31-33-35-37-39-41-46(48)54-44(43-53-55(49,50)51-3)42-52-45(47)40-38-36-34-32-30-28-26-24-21-19-17-15-13-11-9-7-5-2/h6-9,12-15,18-21,23,25,29,31,44H,4-5,10-11,16-17,22,24,26-28,30,32-43H2,1-3H3,(H,49,50)/b8-6-,9-7-,14-12-,15-13-,20-18-,21-19-,25-23-,31-29-. The van der Waals surface area contributed by atoms with Crippen molar-refractivity contribution in [3.05, 3.63) is 97.2 Å². The molecule has 0 aliphatic carbocycles. The third-order valence-corrected chi connectivity index (χ3v) is 9.26. The Kier molecular flexibility index (Phi) is 38.4. The van der Waals surface area contributed by atoms with Crippen LogP contribution in [0, 0.1) is 0 Å². The van der Waals surface area contributed by atoms with Gasteiger partial charge in [0.05, 0.1) is 6.61 Å². The smallest absolute Gasteiger partial charge is 0.462 e. The van der Waals surface area contributed by atoms with E-state index in [1.165, 1.54) is 19.3 Å². The third-order valence-electron chi connectivity index (χ3n) is 8.32. The number of hydrogen-bond donors (Lipinski definition) is 1. The summed E-state index contributed by atoms with van der Waals surface area (Å²) < 4.78 is 31.9. The first-order chi connectivity index (χ1) is 26.8. The van der Waals surface area contributed by atoms with Gasteiger partial charge < -0.3 is 14.4 Å². The zero-order valence-corrected chi connectivity index (χ0v) is 35.4. The molecule has 55 heavy (non-hydrogen) atoms. The Bertz CT molecular complexity index is 1210. The van der Waals surface area contributed by atoms with Crippen LogP contribution in [0.4, 0.5) is 0 Å². The zero-order valence-electron chi connectivity index (χ0n) is 34.5. The van der Waals surface area contributed by atoms with Crippen molar-refractivity contribution in [2.45, 2.75) is 161 Å². The molecule has 0 aliphatic heterocycles. The number of esters is 2. The maximum Gasteiger partial charge on any atom is 0.472 e. The topological polar surface area (TPSA) is 108 Å². The van der Waals surface area contributed by atoms with Crippen LogP contribution in [-0.4, -0.2) is 43.3 Å². The molecule has 9 heteroatoms. The molecule has 0 fully saturated rings. The van der Waals surface area contributed by atoms with E-state index in [0.29, 0.717) is 6.42 Å². The van der Waals surface area contributed by atoms with E-state index < -0.39 is 32.5 Å². The van der Waals surface area contributed by atoms with Crippen LogP contribution in [0.1, 0.15) is 155 Å². The van der Waals surface area contributed by atoms with Gasteiger partial charge in [0, 0.05) is 20.0 Å². The van der Waals surface area contributed by atoms with Crippen molar-refractivity contribution in [2.24, 2.45) is 0 Å². The quantitative estimate of drug-likeness (QED) is 0.0287. The molecule has 0 rings (SSSR count). The van der Waals surface area contributed by atoms with Gasteiger partial charge in [0.15, 0.2) is 6.10 Å². The summed E-state index contributed by atoms with van der Waals surface area (Å²) in [6.07, 6.45) is 54.5. The van der Waals surface area contributed by atoms with E-state index in [1.54, 1.807) is 0 Å². The molecule has 2 atom stereocenters. The van der Waals surface area contributed by atoms with Crippen molar-refractivity contribution < 1.29 is 37.6 Å². The molecule has 0 aromatic carbocycles. The van der Waals surface area contributed by atoms with Crippen LogP contribution in [-0.2, 0) is 32.7 Å². The fraction of sp³-hybridized carbons (Fsp3) is 0.609. The summed E-state index contributed by atoms with van der Waals surface area (Å²) in [4.78, 5) is 34.5. The minimum absolute atomic E-state index is 0.197. The van der Waals surface area contributed by atoms with Gasteiger partial charge in [-0.3, -0.25) is 18.6 Å². The van der Waals surface area contributed by atoms with Crippen LogP contribution in [0.2, 0.25) is 0 Å². The molecule has 0 bridgehead atoms. The summed E-state index contributed by atoms with van der Waals surface area (Å²) in [5.41, 5.74) is 0. The van der Waals surface area contributed by atoms with Gasteiger partial charge in [-0.15, -0.1) is 0 Å². The molecular weight excluding hydrogens is 711 g/mol. The lowest BCUT2D eigenvalue weighted by Crippen LogP contribution is -2.29. The van der Waals surface area contributed by atoms with Crippen LogP contribution in [0.15, 0.2) is 97.2 Å². The van der Waals surface area contributed by atoms with Gasteiger partial charge in [0.2, 0.25) is 0 Å². The minimum atomic E-state index is -4.28. The Morgan fingerprint density at radius 2 is 0.873 bits per heavy atom. The van der Waals surface area contributed by atoms with E-state index in [0.717, 1.165) is 110 Å². The molecule has 0 radical (unpaired) electrons. The van der Waals surface area contributed by atoms with Gasteiger partial charge in [-0.1, -0.05) is 150 Å². The van der Waals surface area contributed by atoms with E-state index in [9.17, 15) is 19.0 Å². The Hall–Kier alpha value is -3.03. The predicted molar refractivity (Wildman–Crippen MR) is 230 cm³/mol. The van der Waals surface area contributed by atoms with Gasteiger partial charge in [-0.05, 0) is 89.9 Å². The lowest BCUT2D eigenvalue weighted by atomic mass is 10.1. The molecule has 0 aromatic heterocycles. The molecule has 2 unspecified atom stereocenters. The molecule has 8 nitrogen and oxygen atoms in total. The highest BCUT2D eigenvalue weighted by Crippen LogP contribution is 2.42. The molecule has 0 saturated carbocycles. The Morgan fingerprint density at radius 1 is 0.509 bits per heavy atom. The van der Waals surface area contributed by atoms with Crippen LogP contribution >= 0.6 is 7.82 Å². The monoisotopic (exact) mass is 787 g/mol. The molecule has 0 aliphatic rings. The number of unbranched alkanes of at least 4 members (excludes halogenated alkanes) is 10. The highest BCUT2D eigenvalue weighted by molar-refractivity contribution is 7.47. The lowest BCUT2D eigenvalue weighted by Gasteiger charge is -2.19. The molecule has 0 saturated heterocycles. The second kappa shape index (κ2) is 40.6. The minimum Gasteiger partial charge on any atom is -0.462 e. The van der Waals surface area contributed by atoms with Crippen molar-refractivity contribution >= 4 is 19.8 Å². The van der Waals surface area contributed by atoms with Crippen LogP contribution in [0.25, 0.3) is 0 Å². The first-order valence-electron chi connectivity index (χ1n) is 20.9. The van der Waals surface area contributed by atoms with E-state index >= 15 is 0 Å². The Morgan fingerprint density at radius 3 is 1.31 bits per heavy atom. The van der Waals surface area contributed by atoms with Crippen molar-refractivity contribution in [3.63, 3.8) is 0 Å². The van der Waals surface area contributed by atoms with E-state index in [2.05, 4.69) is 116 Å². The molecule has 0 heterocycles. The fourth-order valence-electron chi connectivity index (χ4n) is 5.17. The van der Waals surface area contributed by atoms with Crippen molar-refractivity contribution in [3.8, 4) is 0 Å². The van der Waals surface area contributed by atoms with E-state index in [-0.39, 0.29) is 19.4 Å². The molecule has 0 spiro atoms. The third kappa shape index (κ3) is 40.5. The van der Waals surface area contributed by atoms with Gasteiger partial charge in [0.1, 0.15) is 6.61 Å². The summed E-state index contributed by atoms with van der Waals surface area (Å²) in [5.74, 6) is -0.863. The Labute approximate surface area is 335 Å². The molecule has 312 valence electrons. The fourth-order valence-corrected chi connectivity index (χ4v) is 5.63. The summed E-state index contributed by atoms with van der Waals surface area (Å²) in [6.45, 7) is 3.61. The SMILES string of the molecule is CC/C=C\C/C=C\C/C=C\C/C=C\C/C=C\CCCCCC(=O)OC(COC(=O)CCCCCCCCC/C=C\C/C=C\C/C=C\CC)COP(=O)(O)OC. The number of rotatable bonds is 37. The maximum absolute atomic E-state index is 12.5. The van der Waals surface area contributed by atoms with Crippen LogP contribution < -0.4 is 0 Å². The molecule has 1 N–H and O–H groups in total. The predicted octanol–water partition coefficient (Wildman–Crippen LogP) is 13.3. The summed E-state index contributed by atoms with van der Waals surface area (Å²) in [7, 11) is -3.23. The van der Waals surface area contributed by atoms with Gasteiger partial charge >= 0.3 is 19.8 Å². The molecule has 0 aromatic rings. The van der Waals surface area contributed by atoms with Crippen LogP contribution in [0.5, 0.6) is 0 Å². The normalized spacial score (nSPS) is 14.3. The average molecular weight is 787 g/mol. The van der Waals surface area contributed by atoms with Crippen molar-refractivity contribution in [2.75, 3.05) is 20.3 Å². The van der Waals surface area contributed by atoms with Gasteiger partial charge in [-0.25, -0.2) is 4.57 Å². The second-order valence-corrected chi connectivity index (χ2v) is 14.9. The number of phosphoric acid groups is 1. The first kappa shape index (κ1) is 52.0. The van der Waals surface area contributed by atoms with E-state index in [1.807, 2.05) is 0 Å². The van der Waals surface area contributed by atoms with Crippen LogP contribution in [0.3, 0.4) is 0 Å². The molecule has 0 amide bonds. The number of phosphoric ester groups is 1. The summed E-state index contributed by atoms with van der Waals surface area (Å²) >= 11 is 0. The first-order valence-corrected chi connectivity index (χ1v) is 22.4. The van der Waals surface area contributed by atoms with Crippen molar-refractivity contribution in [1.82, 2.24) is 0 Å². The van der Waals surface area contributed by atoms with E-state index in [4.69, 9.17) is 14.0 Å². The number of carbonyl (C=O) groups is 2. The number of carbonyl (C=O) groups excluding carboxylic acids is 2. The number of ether oxygens (including phenoxy) is 2. The Balaban J connectivity index is 4.12. The lowest BCUT2D eigenvalue weighted by molar-refractivity contribution is -0.161.